The van der Waals surface area contributed by atoms with Crippen LogP contribution in [-0.4, -0.2) is 16.0 Å². The maximum absolute atomic E-state index is 11.8. The van der Waals surface area contributed by atoms with E-state index in [-0.39, 0.29) is 23.0 Å². The molecule has 16 heavy (non-hydrogen) atoms. The lowest BCUT2D eigenvalue weighted by atomic mass is 10.3. The highest BCUT2D eigenvalue weighted by Crippen LogP contribution is 2.21. The van der Waals surface area contributed by atoms with Crippen LogP contribution in [0.1, 0.15) is 12.8 Å². The van der Waals surface area contributed by atoms with Gasteiger partial charge in [0.1, 0.15) is 5.02 Å². The van der Waals surface area contributed by atoms with Gasteiger partial charge in [0.2, 0.25) is 0 Å². The molecule has 0 aliphatic rings. The Kier molecular flexibility index (Phi) is 4.21. The van der Waals surface area contributed by atoms with Crippen LogP contribution < -0.4 is 5.56 Å². The van der Waals surface area contributed by atoms with Crippen LogP contribution in [0.2, 0.25) is 10.0 Å². The van der Waals surface area contributed by atoms with Crippen LogP contribution in [0.5, 0.6) is 0 Å². The van der Waals surface area contributed by atoms with Crippen LogP contribution in [0.25, 0.3) is 0 Å². The predicted octanol–water partition coefficient (Wildman–Crippen LogP) is 2.89. The Balaban J connectivity index is 2.69. The summed E-state index contributed by atoms with van der Waals surface area (Å²) in [4.78, 5) is 11.3. The standard InChI is InChI=1S/C8H7Cl2F3N2O/c9-5-4-14-15(7(16)6(5)10)3-1-2-8(11,12)13/h4H,1-3H2. The van der Waals surface area contributed by atoms with Gasteiger partial charge in [-0.2, -0.15) is 18.3 Å². The Bertz CT molecular complexity index is 430. The Morgan fingerprint density at radius 2 is 2.00 bits per heavy atom. The van der Waals surface area contributed by atoms with E-state index >= 15 is 0 Å². The van der Waals surface area contributed by atoms with E-state index < -0.39 is 18.2 Å². The molecule has 0 saturated heterocycles. The quantitative estimate of drug-likeness (QED) is 0.850. The van der Waals surface area contributed by atoms with Crippen LogP contribution in [0, 0.1) is 0 Å². The Morgan fingerprint density at radius 3 is 2.56 bits per heavy atom. The molecule has 8 heteroatoms. The second kappa shape index (κ2) is 5.05. The molecule has 0 amide bonds. The molecule has 0 atom stereocenters. The average molecular weight is 275 g/mol. The zero-order valence-electron chi connectivity index (χ0n) is 7.89. The van der Waals surface area contributed by atoms with E-state index in [9.17, 15) is 18.0 Å². The van der Waals surface area contributed by atoms with Gasteiger partial charge in [-0.3, -0.25) is 4.79 Å². The highest BCUT2D eigenvalue weighted by atomic mass is 35.5. The maximum Gasteiger partial charge on any atom is 0.389 e. The van der Waals surface area contributed by atoms with Gasteiger partial charge in [0.25, 0.3) is 5.56 Å². The van der Waals surface area contributed by atoms with E-state index in [0.717, 1.165) is 10.9 Å². The van der Waals surface area contributed by atoms with Gasteiger partial charge < -0.3 is 0 Å². The topological polar surface area (TPSA) is 34.9 Å². The van der Waals surface area contributed by atoms with Gasteiger partial charge in [-0.15, -0.1) is 0 Å². The summed E-state index contributed by atoms with van der Waals surface area (Å²) in [5, 5.41) is 3.33. The number of hydrogen-bond donors (Lipinski definition) is 0. The van der Waals surface area contributed by atoms with Crippen molar-refractivity contribution in [2.75, 3.05) is 0 Å². The molecule has 0 N–H and O–H groups in total. The van der Waals surface area contributed by atoms with E-state index in [1.807, 2.05) is 0 Å². The first-order chi connectivity index (χ1) is 7.31. The van der Waals surface area contributed by atoms with Gasteiger partial charge in [-0.1, -0.05) is 23.2 Å². The molecule has 1 aromatic rings. The van der Waals surface area contributed by atoms with E-state index in [2.05, 4.69) is 5.10 Å². The molecule has 0 saturated carbocycles. The third-order valence-electron chi connectivity index (χ3n) is 1.77. The van der Waals surface area contributed by atoms with Gasteiger partial charge in [0.05, 0.1) is 11.2 Å². The summed E-state index contributed by atoms with van der Waals surface area (Å²) in [6.07, 6.45) is -4.31. The van der Waals surface area contributed by atoms with E-state index in [1.165, 1.54) is 0 Å². The number of rotatable bonds is 3. The third-order valence-corrected chi connectivity index (χ3v) is 2.52. The molecule has 0 aliphatic carbocycles. The largest absolute Gasteiger partial charge is 0.389 e. The van der Waals surface area contributed by atoms with Crippen LogP contribution in [-0.2, 0) is 6.54 Å². The second-order valence-electron chi connectivity index (χ2n) is 3.05. The minimum absolute atomic E-state index is 0.0151. The molecule has 90 valence electrons. The predicted molar refractivity (Wildman–Crippen MR) is 53.8 cm³/mol. The monoisotopic (exact) mass is 274 g/mol. The normalized spacial score (nSPS) is 11.8. The first-order valence-corrected chi connectivity index (χ1v) is 5.05. The smallest absolute Gasteiger partial charge is 0.266 e. The fourth-order valence-electron chi connectivity index (χ4n) is 1.03. The van der Waals surface area contributed by atoms with Gasteiger partial charge in [0.15, 0.2) is 0 Å². The lowest BCUT2D eigenvalue weighted by Crippen LogP contribution is -2.24. The minimum atomic E-state index is -4.24. The third kappa shape index (κ3) is 3.68. The van der Waals surface area contributed by atoms with Crippen molar-refractivity contribution in [1.29, 1.82) is 0 Å². The Morgan fingerprint density at radius 1 is 1.38 bits per heavy atom. The molecule has 0 radical (unpaired) electrons. The summed E-state index contributed by atoms with van der Waals surface area (Å²) in [6, 6.07) is 0. The van der Waals surface area contributed by atoms with Gasteiger partial charge in [-0.05, 0) is 6.42 Å². The summed E-state index contributed by atoms with van der Waals surface area (Å²) >= 11 is 11.0. The number of hydrogen-bond acceptors (Lipinski definition) is 2. The SMILES string of the molecule is O=c1c(Cl)c(Cl)cnn1CCCC(F)(F)F. The summed E-state index contributed by atoms with van der Waals surface area (Å²) in [6.45, 7) is -0.144. The van der Waals surface area contributed by atoms with Crippen molar-refractivity contribution in [2.24, 2.45) is 0 Å². The molecule has 1 rings (SSSR count). The molecular weight excluding hydrogens is 268 g/mol. The van der Waals surface area contributed by atoms with Crippen molar-refractivity contribution in [3.63, 3.8) is 0 Å². The van der Waals surface area contributed by atoms with Crippen molar-refractivity contribution in [3.8, 4) is 0 Å². The maximum atomic E-state index is 11.8. The molecule has 0 bridgehead atoms. The van der Waals surface area contributed by atoms with Crippen molar-refractivity contribution in [3.05, 3.63) is 26.6 Å². The number of alkyl halides is 3. The number of aromatic nitrogens is 2. The Hall–Kier alpha value is -0.750. The lowest BCUT2D eigenvalue weighted by molar-refractivity contribution is -0.136. The molecular formula is C8H7Cl2F3N2O. The van der Waals surface area contributed by atoms with E-state index in [4.69, 9.17) is 23.2 Å². The van der Waals surface area contributed by atoms with Gasteiger partial charge in [0, 0.05) is 13.0 Å². The highest BCUT2D eigenvalue weighted by molar-refractivity contribution is 6.41. The lowest BCUT2D eigenvalue weighted by Gasteiger charge is -2.07. The molecule has 1 aromatic heterocycles. The van der Waals surface area contributed by atoms with E-state index in [0.29, 0.717) is 0 Å². The zero-order valence-corrected chi connectivity index (χ0v) is 9.40. The number of aryl methyl sites for hydroxylation is 1. The molecule has 0 spiro atoms. The number of halogens is 5. The molecule has 0 aliphatic heterocycles. The van der Waals surface area contributed by atoms with Crippen LogP contribution in [0.4, 0.5) is 13.2 Å². The van der Waals surface area contributed by atoms with Gasteiger partial charge in [-0.25, -0.2) is 4.68 Å². The van der Waals surface area contributed by atoms with Crippen LogP contribution in [0.15, 0.2) is 11.0 Å². The minimum Gasteiger partial charge on any atom is -0.266 e. The molecule has 0 fully saturated rings. The average Bonchev–Trinajstić information content (AvgIpc) is 2.16. The van der Waals surface area contributed by atoms with Crippen molar-refractivity contribution >= 4 is 23.2 Å². The van der Waals surface area contributed by atoms with Crippen LogP contribution in [0.3, 0.4) is 0 Å². The molecule has 0 unspecified atom stereocenters. The van der Waals surface area contributed by atoms with E-state index in [1.54, 1.807) is 0 Å². The fourth-order valence-corrected chi connectivity index (χ4v) is 1.30. The van der Waals surface area contributed by atoms with Crippen molar-refractivity contribution < 1.29 is 13.2 Å². The summed E-state index contributed by atoms with van der Waals surface area (Å²) in [5.41, 5.74) is -0.684. The highest BCUT2D eigenvalue weighted by Gasteiger charge is 2.26. The summed E-state index contributed by atoms with van der Waals surface area (Å²) in [7, 11) is 0. The summed E-state index contributed by atoms with van der Waals surface area (Å²) in [5.74, 6) is 0. The zero-order chi connectivity index (χ0) is 12.3. The van der Waals surface area contributed by atoms with Gasteiger partial charge >= 0.3 is 6.18 Å². The second-order valence-corrected chi connectivity index (χ2v) is 3.84. The van der Waals surface area contributed by atoms with Crippen LogP contribution >= 0.6 is 23.2 Å². The summed E-state index contributed by atoms with van der Waals surface area (Å²) < 4.78 is 36.4. The molecule has 1 heterocycles. The first kappa shape index (κ1) is 13.3. The molecule has 0 aromatic carbocycles. The number of nitrogens with zero attached hydrogens (tertiary/aromatic N) is 2. The molecule has 3 nitrogen and oxygen atoms in total. The first-order valence-electron chi connectivity index (χ1n) is 4.29. The van der Waals surface area contributed by atoms with Crippen molar-refractivity contribution in [1.82, 2.24) is 9.78 Å². The Labute approximate surface area is 98.8 Å². The van der Waals surface area contributed by atoms with Crippen molar-refractivity contribution in [2.45, 2.75) is 25.6 Å². The fraction of sp³-hybridized carbons (Fsp3) is 0.500.